The van der Waals surface area contributed by atoms with Gasteiger partial charge in [0.25, 0.3) is 14.2 Å². The van der Waals surface area contributed by atoms with Gasteiger partial charge in [0, 0.05) is 25.3 Å². The van der Waals surface area contributed by atoms with Gasteiger partial charge >= 0.3 is 0 Å². The third kappa shape index (κ3) is 11.4. The molecule has 0 unspecified atom stereocenters. The zero-order valence-electron chi connectivity index (χ0n) is 25.3. The van der Waals surface area contributed by atoms with Crippen molar-refractivity contribution in [2.75, 3.05) is 27.9 Å². The van der Waals surface area contributed by atoms with E-state index in [4.69, 9.17) is 18.7 Å². The third-order valence-corrected chi connectivity index (χ3v) is 11.8. The highest BCUT2D eigenvalue weighted by molar-refractivity contribution is 9.10. The van der Waals surface area contributed by atoms with Crippen molar-refractivity contribution in [1.82, 2.24) is 5.06 Å². The van der Waals surface area contributed by atoms with Gasteiger partial charge < -0.3 is 13.9 Å². The van der Waals surface area contributed by atoms with Crippen LogP contribution in [-0.2, 0) is 9.63 Å². The summed E-state index contributed by atoms with van der Waals surface area (Å²) in [5.41, 5.74) is 3.54. The molecule has 0 aliphatic carbocycles. The van der Waals surface area contributed by atoms with Crippen LogP contribution in [0.25, 0.3) is 0 Å². The maximum atomic E-state index is 11.9. The highest BCUT2D eigenvalue weighted by Crippen LogP contribution is 2.43. The van der Waals surface area contributed by atoms with E-state index in [-0.39, 0.29) is 10.9 Å². The zero-order valence-corrected chi connectivity index (χ0v) is 27.9. The molecule has 8 heteroatoms. The summed E-state index contributed by atoms with van der Waals surface area (Å²) in [6, 6.07) is 3.84. The molecule has 0 radical (unpaired) electrons. The molecule has 38 heavy (non-hydrogen) atoms. The van der Waals surface area contributed by atoms with Crippen LogP contribution in [0, 0.1) is 0 Å². The predicted molar refractivity (Wildman–Crippen MR) is 164 cm³/mol. The predicted octanol–water partition coefficient (Wildman–Crippen LogP) is 8.64. The number of benzene rings is 1. The van der Waals surface area contributed by atoms with Crippen LogP contribution >= 0.6 is 15.9 Å². The highest BCUT2D eigenvalue weighted by atomic mass is 79.9. The average Bonchev–Trinajstić information content (AvgIpc) is 2.82. The fourth-order valence-corrected chi connectivity index (χ4v) is 4.78. The number of ether oxygens (including phenoxy) is 2. The van der Waals surface area contributed by atoms with Crippen LogP contribution < -0.4 is 13.9 Å². The molecule has 0 aliphatic rings. The van der Waals surface area contributed by atoms with E-state index in [0.29, 0.717) is 18.1 Å². The minimum atomic E-state index is -1.98. The number of hydroxylamine groups is 2. The monoisotopic (exact) mass is 609 g/mol. The number of methoxy groups -OCH3 is 1. The molecule has 1 aromatic carbocycles. The highest BCUT2D eigenvalue weighted by Gasteiger charge is 2.39. The number of nitrogens with zero attached hydrogens (tertiary/aromatic N) is 1. The third-order valence-electron chi connectivity index (χ3n) is 6.86. The van der Waals surface area contributed by atoms with Crippen molar-refractivity contribution in [3.8, 4) is 17.2 Å². The minimum absolute atomic E-state index is 0.0993. The average molecular weight is 611 g/mol. The molecular formula is C30H48BrNO5Si. The lowest BCUT2D eigenvalue weighted by atomic mass is 10.1. The minimum Gasteiger partial charge on any atom is -0.543 e. The second kappa shape index (κ2) is 15.5. The smallest absolute Gasteiger partial charge is 0.269 e. The standard InChI is InChI=1S/C30H48BrNO5Si/c1-22(14-12-16-23(2)18-29(33)32(7)35-9)15-13-17-24(3)21-36-28-19-25(31)26(20-27(28)34-8)37-38(10,11)30(4,5)6/h14,17-20H,12-13,15-16,21H2,1-11H3/b22-14+,23-18+,24-17+. The number of carbonyl (C=O) groups excluding carboxylic acids is 1. The first-order valence-corrected chi connectivity index (χ1v) is 16.8. The van der Waals surface area contributed by atoms with E-state index in [0.717, 1.165) is 47.1 Å². The molecule has 0 atom stereocenters. The van der Waals surface area contributed by atoms with Crippen molar-refractivity contribution in [3.05, 3.63) is 51.6 Å². The number of hydrogen-bond acceptors (Lipinski definition) is 5. The van der Waals surface area contributed by atoms with Crippen LogP contribution in [0.4, 0.5) is 0 Å². The van der Waals surface area contributed by atoms with E-state index in [1.165, 1.54) is 17.7 Å². The normalized spacial score (nSPS) is 13.4. The Labute approximate surface area is 240 Å². The summed E-state index contributed by atoms with van der Waals surface area (Å²) in [5.74, 6) is 1.99. The molecule has 0 N–H and O–H groups in total. The van der Waals surface area contributed by atoms with Gasteiger partial charge in [0.05, 0.1) is 18.7 Å². The van der Waals surface area contributed by atoms with Crippen molar-refractivity contribution >= 4 is 30.2 Å². The van der Waals surface area contributed by atoms with Crippen molar-refractivity contribution in [3.63, 3.8) is 0 Å². The Hall–Kier alpha value is -2.03. The second-order valence-corrected chi connectivity index (χ2v) is 16.9. The van der Waals surface area contributed by atoms with Crippen LogP contribution in [0.15, 0.2) is 51.6 Å². The molecule has 0 aliphatic heterocycles. The van der Waals surface area contributed by atoms with Gasteiger partial charge in [0.15, 0.2) is 11.5 Å². The summed E-state index contributed by atoms with van der Waals surface area (Å²) >= 11 is 3.66. The number of allylic oxidation sites excluding steroid dienone is 4. The fraction of sp³-hybridized carbons (Fsp3) is 0.567. The zero-order chi connectivity index (χ0) is 29.1. The number of likely N-dealkylation sites (N-methyl/N-ethyl adjacent to an activating group) is 1. The molecular weight excluding hydrogens is 562 g/mol. The Bertz CT molecular complexity index is 1020. The van der Waals surface area contributed by atoms with Gasteiger partial charge in [-0.2, -0.15) is 0 Å². The van der Waals surface area contributed by atoms with Crippen LogP contribution in [-0.4, -0.2) is 47.2 Å². The Morgan fingerprint density at radius 3 is 2.08 bits per heavy atom. The summed E-state index contributed by atoms with van der Waals surface area (Å²) in [4.78, 5) is 16.8. The van der Waals surface area contributed by atoms with Crippen molar-refractivity contribution in [2.24, 2.45) is 0 Å². The molecule has 6 nitrogen and oxygen atoms in total. The molecule has 0 saturated carbocycles. The summed E-state index contributed by atoms with van der Waals surface area (Å²) in [7, 11) is 2.76. The van der Waals surface area contributed by atoms with Gasteiger partial charge in [-0.15, -0.1) is 0 Å². The molecule has 1 aromatic rings. The Kier molecular flexibility index (Phi) is 13.9. The summed E-state index contributed by atoms with van der Waals surface area (Å²) in [6.45, 7) is 17.8. The molecule has 0 aromatic heterocycles. The van der Waals surface area contributed by atoms with Gasteiger partial charge in [0.1, 0.15) is 12.4 Å². The molecule has 0 saturated heterocycles. The lowest BCUT2D eigenvalue weighted by Crippen LogP contribution is -2.43. The number of amides is 1. The van der Waals surface area contributed by atoms with Crippen LogP contribution in [0.3, 0.4) is 0 Å². The van der Waals surface area contributed by atoms with Gasteiger partial charge in [0.2, 0.25) is 0 Å². The fourth-order valence-electron chi connectivity index (χ4n) is 3.20. The number of carbonyl (C=O) groups is 1. The lowest BCUT2D eigenvalue weighted by Gasteiger charge is -2.36. The first kappa shape index (κ1) is 34.0. The van der Waals surface area contributed by atoms with Crippen molar-refractivity contribution in [2.45, 2.75) is 85.4 Å². The first-order chi connectivity index (χ1) is 17.6. The summed E-state index contributed by atoms with van der Waals surface area (Å²) in [6.07, 6.45) is 9.79. The van der Waals surface area contributed by atoms with E-state index in [2.05, 4.69) is 75.8 Å². The van der Waals surface area contributed by atoms with E-state index in [1.807, 2.05) is 19.1 Å². The molecule has 0 spiro atoms. The second-order valence-electron chi connectivity index (χ2n) is 11.3. The summed E-state index contributed by atoms with van der Waals surface area (Å²) < 4.78 is 19.1. The molecule has 214 valence electrons. The van der Waals surface area contributed by atoms with Crippen molar-refractivity contribution < 1.29 is 23.5 Å². The number of rotatable bonds is 14. The van der Waals surface area contributed by atoms with E-state index in [1.54, 1.807) is 20.2 Å². The maximum Gasteiger partial charge on any atom is 0.269 e. The topological polar surface area (TPSA) is 57.2 Å². The molecule has 1 rings (SSSR count). The van der Waals surface area contributed by atoms with Crippen LogP contribution in [0.2, 0.25) is 18.1 Å². The van der Waals surface area contributed by atoms with E-state index < -0.39 is 8.32 Å². The quantitative estimate of drug-likeness (QED) is 0.0914. The maximum absolute atomic E-state index is 11.9. The Morgan fingerprint density at radius 1 is 0.947 bits per heavy atom. The SMILES string of the molecule is COc1cc(O[Si](C)(C)C(C)(C)C)c(Br)cc1OC/C(C)=C/CC/C(C)=C/CC/C(C)=C/C(=O)N(C)OC. The van der Waals surface area contributed by atoms with Gasteiger partial charge in [-0.1, -0.05) is 44.1 Å². The van der Waals surface area contributed by atoms with E-state index in [9.17, 15) is 4.79 Å². The molecule has 0 fully saturated rings. The lowest BCUT2D eigenvalue weighted by molar-refractivity contribution is -0.162. The van der Waals surface area contributed by atoms with E-state index >= 15 is 0 Å². The van der Waals surface area contributed by atoms with Gasteiger partial charge in [-0.25, -0.2) is 5.06 Å². The molecule has 0 bridgehead atoms. The summed E-state index contributed by atoms with van der Waals surface area (Å²) in [5, 5.41) is 1.32. The van der Waals surface area contributed by atoms with Crippen LogP contribution in [0.5, 0.6) is 17.2 Å². The Morgan fingerprint density at radius 2 is 1.53 bits per heavy atom. The van der Waals surface area contributed by atoms with Gasteiger partial charge in [-0.05, 0) is 86.1 Å². The van der Waals surface area contributed by atoms with Crippen molar-refractivity contribution in [1.29, 1.82) is 0 Å². The molecule has 1 amide bonds. The Balaban J connectivity index is 2.65. The van der Waals surface area contributed by atoms with Crippen LogP contribution in [0.1, 0.15) is 67.2 Å². The first-order valence-electron chi connectivity index (χ1n) is 13.1. The number of halogens is 1. The van der Waals surface area contributed by atoms with Gasteiger partial charge in [-0.3, -0.25) is 9.63 Å². The molecule has 0 heterocycles. The largest absolute Gasteiger partial charge is 0.543 e. The number of hydrogen-bond donors (Lipinski definition) is 0.